The molecule has 0 fully saturated rings. The normalized spacial score (nSPS) is 11.0. The second-order valence-electron chi connectivity index (χ2n) is 7.53. The van der Waals surface area contributed by atoms with E-state index in [9.17, 15) is 4.79 Å². The highest BCUT2D eigenvalue weighted by molar-refractivity contribution is 7.99. The Morgan fingerprint density at radius 1 is 0.938 bits per heavy atom. The van der Waals surface area contributed by atoms with E-state index < -0.39 is 0 Å². The Morgan fingerprint density at radius 2 is 1.59 bits per heavy atom. The van der Waals surface area contributed by atoms with Crippen molar-refractivity contribution in [1.82, 2.24) is 20.1 Å². The molecule has 0 saturated carbocycles. The van der Waals surface area contributed by atoms with Gasteiger partial charge in [-0.25, -0.2) is 0 Å². The molecule has 0 radical (unpaired) electrons. The zero-order valence-corrected chi connectivity index (χ0v) is 19.0. The van der Waals surface area contributed by atoms with Crippen LogP contribution in [0.25, 0.3) is 11.4 Å². The van der Waals surface area contributed by atoms with Crippen molar-refractivity contribution in [2.75, 3.05) is 5.75 Å². The van der Waals surface area contributed by atoms with Crippen LogP contribution in [0.1, 0.15) is 29.7 Å². The summed E-state index contributed by atoms with van der Waals surface area (Å²) >= 11 is 1.41. The quantitative estimate of drug-likeness (QED) is 0.378. The molecule has 0 aliphatic heterocycles. The molecule has 0 spiro atoms. The first-order valence-electron chi connectivity index (χ1n) is 10.7. The van der Waals surface area contributed by atoms with Crippen molar-refractivity contribution in [3.05, 3.63) is 102 Å². The molecule has 3 aromatic carbocycles. The van der Waals surface area contributed by atoms with Gasteiger partial charge in [-0.15, -0.1) is 10.2 Å². The SMILES string of the molecule is CCn1c(SCC(=O)NC(c2ccccc2)c2ccccc2)nnc1-c1cccc(C)c1. The third-order valence-electron chi connectivity index (χ3n) is 5.21. The minimum atomic E-state index is -0.197. The van der Waals surface area contributed by atoms with Gasteiger partial charge < -0.3 is 9.88 Å². The van der Waals surface area contributed by atoms with Gasteiger partial charge in [0.05, 0.1) is 11.8 Å². The van der Waals surface area contributed by atoms with E-state index in [1.807, 2.05) is 72.8 Å². The van der Waals surface area contributed by atoms with Crippen LogP contribution in [0.2, 0.25) is 0 Å². The van der Waals surface area contributed by atoms with Crippen molar-refractivity contribution in [2.45, 2.75) is 31.6 Å². The van der Waals surface area contributed by atoms with Crippen LogP contribution in [0.4, 0.5) is 0 Å². The smallest absolute Gasteiger partial charge is 0.231 e. The summed E-state index contributed by atoms with van der Waals surface area (Å²) in [4.78, 5) is 12.9. The molecule has 32 heavy (non-hydrogen) atoms. The van der Waals surface area contributed by atoms with Gasteiger partial charge in [0, 0.05) is 12.1 Å². The van der Waals surface area contributed by atoms with Gasteiger partial charge in [-0.05, 0) is 31.0 Å². The Balaban J connectivity index is 1.48. The van der Waals surface area contributed by atoms with Gasteiger partial charge in [0.15, 0.2) is 11.0 Å². The number of aryl methyl sites for hydroxylation is 1. The van der Waals surface area contributed by atoms with Gasteiger partial charge in [0.1, 0.15) is 0 Å². The van der Waals surface area contributed by atoms with Crippen molar-refractivity contribution >= 4 is 17.7 Å². The second-order valence-corrected chi connectivity index (χ2v) is 8.47. The van der Waals surface area contributed by atoms with Gasteiger partial charge in [-0.2, -0.15) is 0 Å². The van der Waals surface area contributed by atoms with Crippen molar-refractivity contribution in [2.24, 2.45) is 0 Å². The van der Waals surface area contributed by atoms with Crippen LogP contribution < -0.4 is 5.32 Å². The monoisotopic (exact) mass is 442 g/mol. The number of aromatic nitrogens is 3. The lowest BCUT2D eigenvalue weighted by Gasteiger charge is -2.20. The maximum Gasteiger partial charge on any atom is 0.231 e. The summed E-state index contributed by atoms with van der Waals surface area (Å²) < 4.78 is 2.05. The highest BCUT2D eigenvalue weighted by Gasteiger charge is 2.19. The fourth-order valence-corrected chi connectivity index (χ4v) is 4.47. The molecule has 5 nitrogen and oxygen atoms in total. The third kappa shape index (κ3) is 5.08. The first-order valence-corrected chi connectivity index (χ1v) is 11.7. The molecule has 0 aliphatic carbocycles. The lowest BCUT2D eigenvalue weighted by atomic mass is 9.99. The molecule has 4 rings (SSSR count). The van der Waals surface area contributed by atoms with E-state index >= 15 is 0 Å². The van der Waals surface area contributed by atoms with Gasteiger partial charge in [0.25, 0.3) is 0 Å². The van der Waals surface area contributed by atoms with Crippen LogP contribution in [-0.2, 0) is 11.3 Å². The standard InChI is InChI=1S/C26H26N4OS/c1-3-30-25(22-16-10-11-19(2)17-22)28-29-26(30)32-18-23(31)27-24(20-12-6-4-7-13-20)21-14-8-5-9-15-21/h4-17,24H,3,18H2,1-2H3,(H,27,31). The van der Waals surface area contributed by atoms with Crippen molar-refractivity contribution < 1.29 is 4.79 Å². The number of thioether (sulfide) groups is 1. The highest BCUT2D eigenvalue weighted by atomic mass is 32.2. The van der Waals surface area contributed by atoms with E-state index in [-0.39, 0.29) is 17.7 Å². The first kappa shape index (κ1) is 21.8. The van der Waals surface area contributed by atoms with E-state index in [1.165, 1.54) is 17.3 Å². The zero-order chi connectivity index (χ0) is 22.3. The van der Waals surface area contributed by atoms with Crippen molar-refractivity contribution in [3.8, 4) is 11.4 Å². The Labute approximate surface area is 192 Å². The van der Waals surface area contributed by atoms with Crippen LogP contribution in [0.15, 0.2) is 90.1 Å². The van der Waals surface area contributed by atoms with E-state index in [1.54, 1.807) is 0 Å². The van der Waals surface area contributed by atoms with Crippen LogP contribution in [-0.4, -0.2) is 26.4 Å². The lowest BCUT2D eigenvalue weighted by molar-refractivity contribution is -0.119. The zero-order valence-electron chi connectivity index (χ0n) is 18.2. The number of nitrogens with zero attached hydrogens (tertiary/aromatic N) is 3. The molecular weight excluding hydrogens is 416 g/mol. The van der Waals surface area contributed by atoms with E-state index in [0.717, 1.165) is 34.2 Å². The summed E-state index contributed by atoms with van der Waals surface area (Å²) in [5, 5.41) is 12.7. The number of carbonyl (C=O) groups excluding carboxylic acids is 1. The van der Waals surface area contributed by atoms with E-state index in [2.05, 4.69) is 46.1 Å². The molecular formula is C26H26N4OS. The minimum Gasteiger partial charge on any atom is -0.344 e. The molecule has 0 aliphatic rings. The predicted molar refractivity (Wildman–Crippen MR) is 129 cm³/mol. The molecule has 6 heteroatoms. The Kier molecular flexibility index (Phi) is 7.02. The maximum absolute atomic E-state index is 12.9. The van der Waals surface area contributed by atoms with Crippen molar-refractivity contribution in [3.63, 3.8) is 0 Å². The van der Waals surface area contributed by atoms with Crippen molar-refractivity contribution in [1.29, 1.82) is 0 Å². The number of amides is 1. The number of benzene rings is 3. The largest absolute Gasteiger partial charge is 0.344 e. The summed E-state index contributed by atoms with van der Waals surface area (Å²) in [7, 11) is 0. The number of carbonyl (C=O) groups is 1. The summed E-state index contributed by atoms with van der Waals surface area (Å²) in [6.45, 7) is 4.86. The van der Waals surface area contributed by atoms with Crippen LogP contribution in [0.5, 0.6) is 0 Å². The molecule has 0 saturated heterocycles. The predicted octanol–water partition coefficient (Wildman–Crippen LogP) is 5.27. The van der Waals surface area contributed by atoms with E-state index in [4.69, 9.17) is 0 Å². The van der Waals surface area contributed by atoms with Gasteiger partial charge in [-0.3, -0.25) is 4.79 Å². The summed E-state index contributed by atoms with van der Waals surface area (Å²) in [5.74, 6) is 1.04. The average Bonchev–Trinajstić information content (AvgIpc) is 3.25. The second kappa shape index (κ2) is 10.3. The fraction of sp³-hybridized carbons (Fsp3) is 0.192. The van der Waals surface area contributed by atoms with Gasteiger partial charge >= 0.3 is 0 Å². The molecule has 1 aromatic heterocycles. The number of rotatable bonds is 8. The molecule has 0 unspecified atom stereocenters. The van der Waals surface area contributed by atoms with Crippen LogP contribution in [0.3, 0.4) is 0 Å². The number of nitrogens with one attached hydrogen (secondary N) is 1. The average molecular weight is 443 g/mol. The molecule has 162 valence electrons. The number of hydrogen-bond acceptors (Lipinski definition) is 4. The summed E-state index contributed by atoms with van der Waals surface area (Å²) in [6, 6.07) is 28.1. The molecule has 1 N–H and O–H groups in total. The summed E-state index contributed by atoms with van der Waals surface area (Å²) in [6.07, 6.45) is 0. The topological polar surface area (TPSA) is 59.8 Å². The van der Waals surface area contributed by atoms with Gasteiger partial charge in [-0.1, -0.05) is 96.2 Å². The number of hydrogen-bond donors (Lipinski definition) is 1. The Bertz CT molecular complexity index is 1140. The minimum absolute atomic E-state index is 0.0459. The fourth-order valence-electron chi connectivity index (χ4n) is 3.66. The first-order chi connectivity index (χ1) is 15.7. The molecule has 0 atom stereocenters. The lowest BCUT2D eigenvalue weighted by Crippen LogP contribution is -2.30. The maximum atomic E-state index is 12.9. The highest BCUT2D eigenvalue weighted by Crippen LogP contribution is 2.26. The van der Waals surface area contributed by atoms with E-state index in [0.29, 0.717) is 0 Å². The summed E-state index contributed by atoms with van der Waals surface area (Å²) in [5.41, 5.74) is 4.31. The van der Waals surface area contributed by atoms with Gasteiger partial charge in [0.2, 0.25) is 5.91 Å². The molecule has 1 heterocycles. The third-order valence-corrected chi connectivity index (χ3v) is 6.18. The molecule has 0 bridgehead atoms. The Morgan fingerprint density at radius 3 is 2.19 bits per heavy atom. The van der Waals surface area contributed by atoms with Crippen LogP contribution in [0, 0.1) is 6.92 Å². The molecule has 1 amide bonds. The molecule has 4 aromatic rings. The Hall–Kier alpha value is -3.38. The van der Waals surface area contributed by atoms with Crippen LogP contribution >= 0.6 is 11.8 Å².